The van der Waals surface area contributed by atoms with Gasteiger partial charge in [0.05, 0.1) is 12.2 Å². The second kappa shape index (κ2) is 9.78. The number of allylic oxidation sites excluding steroid dienone is 2. The molecule has 0 heterocycles. The predicted molar refractivity (Wildman–Crippen MR) is 114 cm³/mol. The molecule has 0 radical (unpaired) electrons. The van der Waals surface area contributed by atoms with Gasteiger partial charge in [0, 0.05) is 0 Å². The maximum absolute atomic E-state index is 14.7. The Balaban J connectivity index is 1.73. The Morgan fingerprint density at radius 2 is 1.77 bits per heavy atom. The minimum atomic E-state index is -3.66. The number of alkyl halides is 2. The molecule has 0 saturated heterocycles. The lowest BCUT2D eigenvalue weighted by atomic mass is 9.84. The highest BCUT2D eigenvalue weighted by Crippen LogP contribution is 2.40. The molecule has 6 heteroatoms. The van der Waals surface area contributed by atoms with E-state index in [1.54, 1.807) is 19.1 Å². The lowest BCUT2D eigenvalue weighted by molar-refractivity contribution is -0.185. The van der Waals surface area contributed by atoms with E-state index in [4.69, 9.17) is 21.1 Å². The SMILES string of the molecule is CCCC1CC=C(c2ccc(C(F)(F)Oc3ccc(OCC)c(F)c3Cl)cc2)CC1. The molecule has 0 spiro atoms. The Labute approximate surface area is 180 Å². The summed E-state index contributed by atoms with van der Waals surface area (Å²) in [5.74, 6) is -0.754. The number of rotatable bonds is 8. The number of hydrogen-bond acceptors (Lipinski definition) is 2. The molecule has 0 amide bonds. The van der Waals surface area contributed by atoms with Gasteiger partial charge in [0.1, 0.15) is 10.8 Å². The molecule has 1 unspecified atom stereocenters. The molecule has 162 valence electrons. The fourth-order valence-electron chi connectivity index (χ4n) is 3.76. The van der Waals surface area contributed by atoms with Crippen molar-refractivity contribution in [2.24, 2.45) is 5.92 Å². The maximum Gasteiger partial charge on any atom is 0.426 e. The summed E-state index contributed by atoms with van der Waals surface area (Å²) in [6, 6.07) is 8.44. The quantitative estimate of drug-likeness (QED) is 0.415. The van der Waals surface area contributed by atoms with Crippen LogP contribution in [0.25, 0.3) is 5.57 Å². The molecule has 0 saturated carbocycles. The topological polar surface area (TPSA) is 18.5 Å². The lowest BCUT2D eigenvalue weighted by Gasteiger charge is -2.22. The Bertz CT molecular complexity index is 894. The van der Waals surface area contributed by atoms with Crippen LogP contribution in [0, 0.1) is 11.7 Å². The molecule has 3 rings (SSSR count). The van der Waals surface area contributed by atoms with E-state index >= 15 is 0 Å². The first-order valence-corrected chi connectivity index (χ1v) is 10.7. The zero-order chi connectivity index (χ0) is 21.7. The van der Waals surface area contributed by atoms with Gasteiger partial charge in [0.15, 0.2) is 11.6 Å². The molecule has 0 aromatic heterocycles. The number of hydrogen-bond donors (Lipinski definition) is 0. The molecular weight excluding hydrogens is 413 g/mol. The van der Waals surface area contributed by atoms with Gasteiger partial charge in [-0.25, -0.2) is 4.39 Å². The standard InChI is InChI=1S/C24H26ClF3O2/c1-3-5-16-6-8-17(9-7-16)18-10-12-19(13-11-18)24(27,28)30-20-14-15-21(29-4-2)23(26)22(20)25/h8,10-16H,3-7,9H2,1-2H3. The first-order valence-electron chi connectivity index (χ1n) is 10.3. The fourth-order valence-corrected chi connectivity index (χ4v) is 3.95. The van der Waals surface area contributed by atoms with Crippen molar-refractivity contribution in [1.82, 2.24) is 0 Å². The van der Waals surface area contributed by atoms with Crippen LogP contribution in [0.5, 0.6) is 11.5 Å². The summed E-state index contributed by atoms with van der Waals surface area (Å²) < 4.78 is 53.4. The molecule has 2 nitrogen and oxygen atoms in total. The van der Waals surface area contributed by atoms with Gasteiger partial charge < -0.3 is 9.47 Å². The predicted octanol–water partition coefficient (Wildman–Crippen LogP) is 7.99. The number of ether oxygens (including phenoxy) is 2. The van der Waals surface area contributed by atoms with Gasteiger partial charge in [-0.3, -0.25) is 0 Å². The van der Waals surface area contributed by atoms with Crippen LogP contribution in [0.1, 0.15) is 57.1 Å². The lowest BCUT2D eigenvalue weighted by Crippen LogP contribution is -2.22. The first-order chi connectivity index (χ1) is 14.4. The maximum atomic E-state index is 14.7. The van der Waals surface area contributed by atoms with Crippen LogP contribution >= 0.6 is 11.6 Å². The molecule has 0 aliphatic heterocycles. The molecule has 0 fully saturated rings. The zero-order valence-electron chi connectivity index (χ0n) is 17.2. The monoisotopic (exact) mass is 438 g/mol. The second-order valence-corrected chi connectivity index (χ2v) is 7.86. The third-order valence-electron chi connectivity index (χ3n) is 5.36. The minimum Gasteiger partial charge on any atom is -0.491 e. The van der Waals surface area contributed by atoms with Crippen molar-refractivity contribution in [3.63, 3.8) is 0 Å². The Morgan fingerprint density at radius 3 is 2.37 bits per heavy atom. The summed E-state index contributed by atoms with van der Waals surface area (Å²) in [7, 11) is 0. The van der Waals surface area contributed by atoms with Crippen molar-refractivity contribution in [3.8, 4) is 11.5 Å². The van der Waals surface area contributed by atoms with Gasteiger partial charge in [-0.15, -0.1) is 0 Å². The van der Waals surface area contributed by atoms with Crippen LogP contribution in [0.2, 0.25) is 5.02 Å². The summed E-state index contributed by atoms with van der Waals surface area (Å²) in [6.07, 6.45) is 4.08. The van der Waals surface area contributed by atoms with Gasteiger partial charge in [-0.1, -0.05) is 49.6 Å². The van der Waals surface area contributed by atoms with Gasteiger partial charge in [-0.2, -0.15) is 8.78 Å². The summed E-state index contributed by atoms with van der Waals surface area (Å²) in [5, 5.41) is -0.536. The summed E-state index contributed by atoms with van der Waals surface area (Å²) >= 11 is 5.87. The molecule has 1 aliphatic rings. The van der Waals surface area contributed by atoms with E-state index in [0.717, 1.165) is 30.7 Å². The first kappa shape index (κ1) is 22.5. The fraction of sp³-hybridized carbons (Fsp3) is 0.417. The molecule has 1 atom stereocenters. The van der Waals surface area contributed by atoms with Crippen LogP contribution in [0.4, 0.5) is 13.2 Å². The third-order valence-corrected chi connectivity index (χ3v) is 5.71. The molecule has 2 aromatic carbocycles. The number of halogens is 4. The molecular formula is C24H26ClF3O2. The van der Waals surface area contributed by atoms with Crippen molar-refractivity contribution < 1.29 is 22.6 Å². The summed E-state index contributed by atoms with van der Waals surface area (Å²) in [6.45, 7) is 4.10. The average Bonchev–Trinajstić information content (AvgIpc) is 2.74. The average molecular weight is 439 g/mol. The molecule has 30 heavy (non-hydrogen) atoms. The van der Waals surface area contributed by atoms with Gasteiger partial charge >= 0.3 is 6.11 Å². The van der Waals surface area contributed by atoms with E-state index in [0.29, 0.717) is 0 Å². The van der Waals surface area contributed by atoms with Crippen molar-refractivity contribution in [1.29, 1.82) is 0 Å². The van der Waals surface area contributed by atoms with Crippen LogP contribution in [-0.4, -0.2) is 6.61 Å². The second-order valence-electron chi connectivity index (χ2n) is 7.48. The van der Waals surface area contributed by atoms with Gasteiger partial charge in [0.2, 0.25) is 0 Å². The van der Waals surface area contributed by atoms with Gasteiger partial charge in [-0.05, 0) is 67.5 Å². The van der Waals surface area contributed by atoms with Crippen LogP contribution < -0.4 is 9.47 Å². The van der Waals surface area contributed by atoms with E-state index < -0.39 is 22.7 Å². The van der Waals surface area contributed by atoms with Crippen molar-refractivity contribution in [2.45, 2.75) is 52.1 Å². The van der Waals surface area contributed by atoms with Crippen LogP contribution in [-0.2, 0) is 6.11 Å². The van der Waals surface area contributed by atoms with Crippen molar-refractivity contribution in [2.75, 3.05) is 6.61 Å². The van der Waals surface area contributed by atoms with E-state index in [1.165, 1.54) is 42.7 Å². The zero-order valence-corrected chi connectivity index (χ0v) is 17.9. The van der Waals surface area contributed by atoms with E-state index in [1.807, 2.05) is 0 Å². The number of benzene rings is 2. The summed E-state index contributed by atoms with van der Waals surface area (Å²) in [4.78, 5) is 0. The summed E-state index contributed by atoms with van der Waals surface area (Å²) in [5.41, 5.74) is 1.81. The highest BCUT2D eigenvalue weighted by Gasteiger charge is 2.36. The van der Waals surface area contributed by atoms with Gasteiger partial charge in [0.25, 0.3) is 0 Å². The Hall–Kier alpha value is -2.14. The molecule has 0 N–H and O–H groups in total. The highest BCUT2D eigenvalue weighted by molar-refractivity contribution is 6.32. The van der Waals surface area contributed by atoms with E-state index in [-0.39, 0.29) is 17.9 Å². The van der Waals surface area contributed by atoms with E-state index in [2.05, 4.69) is 13.0 Å². The Morgan fingerprint density at radius 1 is 1.07 bits per heavy atom. The smallest absolute Gasteiger partial charge is 0.426 e. The van der Waals surface area contributed by atoms with Crippen molar-refractivity contribution >= 4 is 17.2 Å². The largest absolute Gasteiger partial charge is 0.491 e. The Kier molecular flexibility index (Phi) is 7.35. The molecule has 0 bridgehead atoms. The minimum absolute atomic E-state index is 0.107. The van der Waals surface area contributed by atoms with Crippen LogP contribution in [0.15, 0.2) is 42.5 Å². The third kappa shape index (κ3) is 5.12. The van der Waals surface area contributed by atoms with Crippen LogP contribution in [0.3, 0.4) is 0 Å². The molecule has 1 aliphatic carbocycles. The normalized spacial score (nSPS) is 16.9. The molecule has 2 aromatic rings. The van der Waals surface area contributed by atoms with Crippen molar-refractivity contribution in [3.05, 3.63) is 64.4 Å². The highest BCUT2D eigenvalue weighted by atomic mass is 35.5. The van der Waals surface area contributed by atoms with E-state index in [9.17, 15) is 13.2 Å².